The first-order valence-electron chi connectivity index (χ1n) is 6.07. The molecule has 1 aromatic rings. The number of carbonyl (C=O) groups excluding carboxylic acids is 1. The smallest absolute Gasteiger partial charge is 0.309 e. The quantitative estimate of drug-likeness (QED) is 0.532. The van der Waals surface area contributed by atoms with Crippen LogP contribution in [0, 0.1) is 17.3 Å². The molecule has 0 atom stereocenters. The molecule has 0 radical (unpaired) electrons. The van der Waals surface area contributed by atoms with Crippen molar-refractivity contribution in [1.82, 2.24) is 0 Å². The van der Waals surface area contributed by atoms with Crippen molar-refractivity contribution < 1.29 is 18.0 Å². The number of amides is 1. The predicted molar refractivity (Wildman–Crippen MR) is 73.9 cm³/mol. The van der Waals surface area contributed by atoms with Gasteiger partial charge in [-0.15, -0.1) is 5.54 Å². The Bertz CT molecular complexity index is 653. The maximum absolute atomic E-state index is 13.9. The van der Waals surface area contributed by atoms with Crippen LogP contribution in [-0.4, -0.2) is 21.0 Å². The minimum Gasteiger partial charge on any atom is -0.309 e. The standard InChI is InChI=1S/C14H14F3NOSi/c1-18-12-7-9(5-6-20(2,3)4)11(15)8-10(12)14(16,17)13(18)19/h7-8H,1-4H3. The zero-order chi connectivity index (χ0) is 15.3. The monoisotopic (exact) mass is 297 g/mol. The number of hydrogen-bond donors (Lipinski definition) is 0. The Morgan fingerprint density at radius 1 is 1.25 bits per heavy atom. The van der Waals surface area contributed by atoms with Crippen molar-refractivity contribution in [1.29, 1.82) is 0 Å². The lowest BCUT2D eigenvalue weighted by Crippen LogP contribution is -2.31. The van der Waals surface area contributed by atoms with Gasteiger partial charge in [0.15, 0.2) is 0 Å². The summed E-state index contributed by atoms with van der Waals surface area (Å²) in [5.41, 5.74) is 2.44. The fourth-order valence-corrected chi connectivity index (χ4v) is 2.39. The van der Waals surface area contributed by atoms with Gasteiger partial charge in [-0.3, -0.25) is 4.79 Å². The molecule has 1 aromatic carbocycles. The van der Waals surface area contributed by atoms with Gasteiger partial charge in [-0.2, -0.15) is 8.78 Å². The third kappa shape index (κ3) is 2.34. The Balaban J connectivity index is 2.58. The van der Waals surface area contributed by atoms with Gasteiger partial charge < -0.3 is 4.90 Å². The van der Waals surface area contributed by atoms with E-state index in [1.807, 2.05) is 19.6 Å². The topological polar surface area (TPSA) is 20.3 Å². The third-order valence-electron chi connectivity index (χ3n) is 2.93. The van der Waals surface area contributed by atoms with E-state index in [1.54, 1.807) is 0 Å². The summed E-state index contributed by atoms with van der Waals surface area (Å²) in [6, 6.07) is 1.93. The molecular formula is C14H14F3NOSi. The summed E-state index contributed by atoms with van der Waals surface area (Å²) in [7, 11) is -0.458. The summed E-state index contributed by atoms with van der Waals surface area (Å²) in [4.78, 5) is 12.3. The fraction of sp³-hybridized carbons (Fsp3) is 0.357. The number of rotatable bonds is 0. The van der Waals surface area contributed by atoms with Crippen LogP contribution >= 0.6 is 0 Å². The van der Waals surface area contributed by atoms with Crippen LogP contribution in [0.1, 0.15) is 11.1 Å². The van der Waals surface area contributed by atoms with Crippen molar-refractivity contribution in [2.24, 2.45) is 0 Å². The molecule has 1 heterocycles. The second kappa shape index (κ2) is 4.38. The molecule has 2 rings (SSSR count). The normalized spacial score (nSPS) is 16.8. The van der Waals surface area contributed by atoms with E-state index in [1.165, 1.54) is 13.1 Å². The zero-order valence-electron chi connectivity index (χ0n) is 11.6. The molecule has 1 aliphatic heterocycles. The molecule has 0 unspecified atom stereocenters. The number of anilines is 1. The molecule has 0 bridgehead atoms. The Labute approximate surface area is 116 Å². The summed E-state index contributed by atoms with van der Waals surface area (Å²) in [6.45, 7) is 5.99. The van der Waals surface area contributed by atoms with Crippen molar-refractivity contribution in [3.05, 3.63) is 29.1 Å². The number of halogens is 3. The first-order valence-corrected chi connectivity index (χ1v) is 9.57. The van der Waals surface area contributed by atoms with Crippen LogP contribution in [0.15, 0.2) is 12.1 Å². The molecule has 0 aromatic heterocycles. The summed E-state index contributed by atoms with van der Waals surface area (Å²) in [6.07, 6.45) is 0. The van der Waals surface area contributed by atoms with Crippen molar-refractivity contribution in [3.63, 3.8) is 0 Å². The molecule has 0 saturated carbocycles. The first-order chi connectivity index (χ1) is 9.04. The summed E-state index contributed by atoms with van der Waals surface area (Å²) in [5, 5.41) is 0. The largest absolute Gasteiger partial charge is 0.352 e. The van der Waals surface area contributed by atoms with Crippen LogP contribution in [-0.2, 0) is 10.7 Å². The minimum absolute atomic E-state index is 0.0151. The highest BCUT2D eigenvalue weighted by Crippen LogP contribution is 2.44. The molecule has 2 nitrogen and oxygen atoms in total. The third-order valence-corrected chi connectivity index (χ3v) is 3.81. The van der Waals surface area contributed by atoms with Crippen molar-refractivity contribution >= 4 is 19.7 Å². The molecule has 0 spiro atoms. The number of hydrogen-bond acceptors (Lipinski definition) is 1. The van der Waals surface area contributed by atoms with E-state index >= 15 is 0 Å². The van der Waals surface area contributed by atoms with E-state index in [2.05, 4.69) is 11.5 Å². The SMILES string of the molecule is CN1C(=O)C(F)(F)c2cc(F)c(C#C[Si](C)(C)C)cc21. The van der Waals surface area contributed by atoms with Gasteiger partial charge in [-0.05, 0) is 12.1 Å². The van der Waals surface area contributed by atoms with Crippen LogP contribution in [0.3, 0.4) is 0 Å². The van der Waals surface area contributed by atoms with Crippen LogP contribution in [0.25, 0.3) is 0 Å². The van der Waals surface area contributed by atoms with Crippen molar-refractivity contribution in [2.75, 3.05) is 11.9 Å². The molecule has 0 fully saturated rings. The summed E-state index contributed by atoms with van der Waals surface area (Å²) >= 11 is 0. The molecule has 106 valence electrons. The van der Waals surface area contributed by atoms with Gasteiger partial charge in [-0.1, -0.05) is 25.6 Å². The Hall–Kier alpha value is -1.74. The highest BCUT2D eigenvalue weighted by molar-refractivity contribution is 6.83. The minimum atomic E-state index is -3.67. The van der Waals surface area contributed by atoms with E-state index < -0.39 is 31.3 Å². The van der Waals surface area contributed by atoms with Crippen molar-refractivity contribution in [3.8, 4) is 11.5 Å². The number of likely N-dealkylation sites (N-methyl/N-ethyl adjacent to an activating group) is 1. The average molecular weight is 297 g/mol. The van der Waals surface area contributed by atoms with Gasteiger partial charge in [-0.25, -0.2) is 4.39 Å². The lowest BCUT2D eigenvalue weighted by atomic mass is 10.1. The molecule has 0 saturated heterocycles. The lowest BCUT2D eigenvalue weighted by molar-refractivity contribution is -0.141. The van der Waals surface area contributed by atoms with Gasteiger partial charge in [0.25, 0.3) is 0 Å². The maximum atomic E-state index is 13.9. The van der Waals surface area contributed by atoms with Gasteiger partial charge >= 0.3 is 11.8 Å². The van der Waals surface area contributed by atoms with Crippen LogP contribution < -0.4 is 4.90 Å². The molecule has 20 heavy (non-hydrogen) atoms. The van der Waals surface area contributed by atoms with E-state index in [-0.39, 0.29) is 11.3 Å². The lowest BCUT2D eigenvalue weighted by Gasteiger charge is -2.09. The molecule has 1 amide bonds. The maximum Gasteiger partial charge on any atom is 0.352 e. The van der Waals surface area contributed by atoms with Crippen molar-refractivity contribution in [2.45, 2.75) is 25.6 Å². The summed E-state index contributed by atoms with van der Waals surface area (Å²) in [5.74, 6) is -3.14. The second-order valence-electron chi connectivity index (χ2n) is 5.79. The Morgan fingerprint density at radius 3 is 2.40 bits per heavy atom. The van der Waals surface area contributed by atoms with E-state index in [0.717, 1.165) is 4.90 Å². The van der Waals surface area contributed by atoms with E-state index in [4.69, 9.17) is 0 Å². The average Bonchev–Trinajstić information content (AvgIpc) is 2.48. The Morgan fingerprint density at radius 2 is 1.85 bits per heavy atom. The Kier molecular flexibility index (Phi) is 3.21. The highest BCUT2D eigenvalue weighted by atomic mass is 28.3. The number of benzene rings is 1. The van der Waals surface area contributed by atoms with E-state index in [9.17, 15) is 18.0 Å². The van der Waals surface area contributed by atoms with Crippen LogP contribution in [0.2, 0.25) is 19.6 Å². The summed E-state index contributed by atoms with van der Waals surface area (Å²) < 4.78 is 41.2. The molecule has 0 aliphatic carbocycles. The second-order valence-corrected chi connectivity index (χ2v) is 10.5. The molecule has 1 aliphatic rings. The number of carbonyl (C=O) groups is 1. The van der Waals surface area contributed by atoms with E-state index in [0.29, 0.717) is 6.07 Å². The van der Waals surface area contributed by atoms with Crippen LogP contribution in [0.4, 0.5) is 18.9 Å². The highest BCUT2D eigenvalue weighted by Gasteiger charge is 2.52. The van der Waals surface area contributed by atoms with Crippen LogP contribution in [0.5, 0.6) is 0 Å². The van der Waals surface area contributed by atoms with Gasteiger partial charge in [0.1, 0.15) is 13.9 Å². The van der Waals surface area contributed by atoms with Gasteiger partial charge in [0, 0.05) is 7.05 Å². The number of fused-ring (bicyclic) bond motifs is 1. The number of alkyl halides is 2. The predicted octanol–water partition coefficient (Wildman–Crippen LogP) is 3.12. The first kappa shape index (κ1) is 14.7. The number of nitrogens with zero attached hydrogens (tertiary/aromatic N) is 1. The molecule has 6 heteroatoms. The van der Waals surface area contributed by atoms with Gasteiger partial charge in [0.05, 0.1) is 16.8 Å². The molecule has 0 N–H and O–H groups in total. The zero-order valence-corrected chi connectivity index (χ0v) is 12.6. The fourth-order valence-electron chi connectivity index (χ4n) is 1.88. The molecular weight excluding hydrogens is 283 g/mol. The van der Waals surface area contributed by atoms with Gasteiger partial charge in [0.2, 0.25) is 0 Å².